The zero-order valence-electron chi connectivity index (χ0n) is 22.7. The van der Waals surface area contributed by atoms with E-state index in [4.69, 9.17) is 0 Å². The summed E-state index contributed by atoms with van der Waals surface area (Å²) in [5.74, 6) is -2.13. The molecule has 2 fully saturated rings. The summed E-state index contributed by atoms with van der Waals surface area (Å²) in [6.07, 6.45) is -9.28. The van der Waals surface area contributed by atoms with E-state index in [0.717, 1.165) is 34.1 Å². The van der Waals surface area contributed by atoms with E-state index >= 15 is 0 Å². The van der Waals surface area contributed by atoms with Gasteiger partial charge in [-0.05, 0) is 59.7 Å². The largest absolute Gasteiger partial charge is 0.416 e. The van der Waals surface area contributed by atoms with E-state index in [1.54, 1.807) is 0 Å². The highest BCUT2D eigenvalue weighted by Gasteiger charge is 2.41. The lowest BCUT2D eigenvalue weighted by Gasteiger charge is -2.19. The average molecular weight is 619 g/mol. The van der Waals surface area contributed by atoms with Crippen molar-refractivity contribution in [2.75, 3.05) is 9.80 Å². The zero-order valence-corrected chi connectivity index (χ0v) is 22.7. The van der Waals surface area contributed by atoms with Crippen LogP contribution in [-0.4, -0.2) is 35.7 Å². The smallest absolute Gasteiger partial charge is 0.301 e. The van der Waals surface area contributed by atoms with Gasteiger partial charge in [0, 0.05) is 13.1 Å². The van der Waals surface area contributed by atoms with Crippen molar-refractivity contribution in [3.8, 4) is 0 Å². The summed E-state index contributed by atoms with van der Waals surface area (Å²) < 4.78 is 76.7. The maximum atomic E-state index is 13.0. The maximum absolute atomic E-state index is 13.0. The molecule has 3 aromatic rings. The highest BCUT2D eigenvalue weighted by Crippen LogP contribution is 2.31. The van der Waals surface area contributed by atoms with Gasteiger partial charge in [0.15, 0.2) is 0 Å². The average Bonchev–Trinajstić information content (AvgIpc) is 3.42. The summed E-state index contributed by atoms with van der Waals surface area (Å²) >= 11 is 0. The van der Waals surface area contributed by atoms with Gasteiger partial charge in [-0.25, -0.2) is 9.80 Å². The Morgan fingerprint density at radius 1 is 0.545 bits per heavy atom. The molecule has 5 rings (SSSR count). The molecule has 0 bridgehead atoms. The van der Waals surface area contributed by atoms with Gasteiger partial charge in [0.1, 0.15) is 0 Å². The number of alkyl halides is 6. The molecule has 3 aromatic carbocycles. The van der Waals surface area contributed by atoms with Gasteiger partial charge in [-0.1, -0.05) is 24.3 Å². The van der Waals surface area contributed by atoms with Crippen LogP contribution >= 0.6 is 0 Å². The number of nitrogens with zero attached hydrogens (tertiary/aromatic N) is 2. The monoisotopic (exact) mass is 618 g/mol. The number of halogens is 6. The Morgan fingerprint density at radius 2 is 0.864 bits per heavy atom. The third-order valence-electron chi connectivity index (χ3n) is 7.33. The van der Waals surface area contributed by atoms with Crippen molar-refractivity contribution >= 4 is 35.0 Å². The predicted molar refractivity (Wildman–Crippen MR) is 145 cm³/mol. The Balaban J connectivity index is 1.18. The van der Waals surface area contributed by atoms with Crippen molar-refractivity contribution < 1.29 is 45.5 Å². The SMILES string of the molecule is O=C1CC(NCc2ccc(C(F)(F)F)cc2)C(=O)N1c1ccc(N2C(=O)CC(NCc3ccc(C(F)(F)F)cc3)C2=O)cc1. The molecule has 0 radical (unpaired) electrons. The van der Waals surface area contributed by atoms with Gasteiger partial charge in [0.2, 0.25) is 11.8 Å². The molecular weight excluding hydrogens is 594 g/mol. The lowest BCUT2D eigenvalue weighted by Crippen LogP contribution is -2.39. The van der Waals surface area contributed by atoms with E-state index in [9.17, 15) is 45.5 Å². The molecule has 0 spiro atoms. The molecule has 4 amide bonds. The Labute approximate surface area is 246 Å². The predicted octanol–water partition coefficient (Wildman–Crippen LogP) is 4.57. The Bertz CT molecular complexity index is 1450. The molecule has 2 unspecified atom stereocenters. The summed E-state index contributed by atoms with van der Waals surface area (Å²) in [6, 6.07) is 12.7. The number of nitrogens with one attached hydrogen (secondary N) is 2. The Morgan fingerprint density at radius 3 is 1.16 bits per heavy atom. The van der Waals surface area contributed by atoms with E-state index in [1.165, 1.54) is 48.5 Å². The number of benzene rings is 3. The number of hydrogen-bond acceptors (Lipinski definition) is 6. The second-order valence-corrected chi connectivity index (χ2v) is 10.3. The first-order chi connectivity index (χ1) is 20.7. The Hall–Kier alpha value is -4.56. The van der Waals surface area contributed by atoms with Crippen molar-refractivity contribution in [2.24, 2.45) is 0 Å². The molecule has 2 atom stereocenters. The molecule has 2 heterocycles. The summed E-state index contributed by atoms with van der Waals surface area (Å²) in [5.41, 5.74) is -0.200. The molecule has 2 aliphatic heterocycles. The number of carbonyl (C=O) groups is 4. The second-order valence-electron chi connectivity index (χ2n) is 10.3. The van der Waals surface area contributed by atoms with Gasteiger partial charge in [0.05, 0.1) is 47.4 Å². The van der Waals surface area contributed by atoms with Crippen LogP contribution in [0.25, 0.3) is 0 Å². The van der Waals surface area contributed by atoms with Crippen LogP contribution < -0.4 is 20.4 Å². The van der Waals surface area contributed by atoms with Crippen LogP contribution in [0.3, 0.4) is 0 Å². The van der Waals surface area contributed by atoms with E-state index in [0.29, 0.717) is 11.1 Å². The number of amides is 4. The van der Waals surface area contributed by atoms with Crippen LogP contribution in [0.4, 0.5) is 37.7 Å². The van der Waals surface area contributed by atoms with Gasteiger partial charge in [-0.3, -0.25) is 19.2 Å². The number of imide groups is 2. The normalized spacial score (nSPS) is 19.4. The fourth-order valence-electron chi connectivity index (χ4n) is 4.98. The lowest BCUT2D eigenvalue weighted by atomic mass is 10.1. The van der Waals surface area contributed by atoms with Crippen LogP contribution in [0, 0.1) is 0 Å². The summed E-state index contributed by atoms with van der Waals surface area (Å²) in [6.45, 7) is 0.115. The second kappa shape index (κ2) is 11.8. The molecule has 2 saturated heterocycles. The van der Waals surface area contributed by atoms with Crippen LogP contribution in [0.15, 0.2) is 72.8 Å². The minimum atomic E-state index is -4.47. The Kier molecular flexibility index (Phi) is 8.32. The standard InChI is InChI=1S/C30H24F6N4O4/c31-29(32,33)19-5-1-17(2-6-19)15-37-23-13-25(41)39(27(23)43)21-9-11-22(12-10-21)40-26(42)14-24(28(40)44)38-16-18-3-7-20(8-4-18)30(34,35)36/h1-12,23-24,37-38H,13-16H2. The lowest BCUT2D eigenvalue weighted by molar-refractivity contribution is -0.138. The van der Waals surface area contributed by atoms with Crippen molar-refractivity contribution in [3.63, 3.8) is 0 Å². The molecule has 2 N–H and O–H groups in total. The van der Waals surface area contributed by atoms with Gasteiger partial charge in [-0.15, -0.1) is 0 Å². The van der Waals surface area contributed by atoms with Crippen molar-refractivity contribution in [1.82, 2.24) is 10.6 Å². The number of carbonyl (C=O) groups excluding carboxylic acids is 4. The minimum absolute atomic E-state index is 0.0574. The van der Waals surface area contributed by atoms with Gasteiger partial charge < -0.3 is 10.6 Å². The molecule has 230 valence electrons. The molecule has 0 aromatic heterocycles. The third-order valence-corrected chi connectivity index (χ3v) is 7.33. The summed E-state index contributed by atoms with van der Waals surface area (Å²) in [4.78, 5) is 53.2. The van der Waals surface area contributed by atoms with Gasteiger partial charge in [0.25, 0.3) is 11.8 Å². The van der Waals surface area contributed by atoms with Gasteiger partial charge in [-0.2, -0.15) is 26.3 Å². The van der Waals surface area contributed by atoms with Crippen LogP contribution in [-0.2, 0) is 44.6 Å². The highest BCUT2D eigenvalue weighted by atomic mass is 19.4. The summed E-state index contributed by atoms with van der Waals surface area (Å²) in [5, 5.41) is 5.79. The molecule has 2 aliphatic rings. The molecule has 0 saturated carbocycles. The van der Waals surface area contributed by atoms with Crippen LogP contribution in [0.2, 0.25) is 0 Å². The number of hydrogen-bond donors (Lipinski definition) is 2. The van der Waals surface area contributed by atoms with Crippen molar-refractivity contribution in [2.45, 2.75) is 50.4 Å². The number of anilines is 2. The van der Waals surface area contributed by atoms with E-state index in [1.807, 2.05) is 0 Å². The molecule has 8 nitrogen and oxygen atoms in total. The van der Waals surface area contributed by atoms with E-state index in [2.05, 4.69) is 10.6 Å². The van der Waals surface area contributed by atoms with Crippen molar-refractivity contribution in [3.05, 3.63) is 95.1 Å². The first-order valence-corrected chi connectivity index (χ1v) is 13.3. The fraction of sp³-hybridized carbons (Fsp3) is 0.267. The quantitative estimate of drug-likeness (QED) is 0.284. The first kappa shape index (κ1) is 30.9. The van der Waals surface area contributed by atoms with Gasteiger partial charge >= 0.3 is 12.4 Å². The minimum Gasteiger partial charge on any atom is -0.301 e. The van der Waals surface area contributed by atoms with Crippen molar-refractivity contribution in [1.29, 1.82) is 0 Å². The molecule has 14 heteroatoms. The molecule has 0 aliphatic carbocycles. The van der Waals surface area contributed by atoms with E-state index in [-0.39, 0.29) is 37.3 Å². The maximum Gasteiger partial charge on any atom is 0.416 e. The fourth-order valence-corrected chi connectivity index (χ4v) is 4.98. The third kappa shape index (κ3) is 6.50. The zero-order chi connectivity index (χ0) is 31.8. The molecular formula is C30H24F6N4O4. The molecule has 44 heavy (non-hydrogen) atoms. The topological polar surface area (TPSA) is 98.8 Å². The number of rotatable bonds is 8. The van der Waals surface area contributed by atoms with E-state index < -0.39 is 59.2 Å². The summed E-state index contributed by atoms with van der Waals surface area (Å²) in [7, 11) is 0. The van der Waals surface area contributed by atoms with Crippen LogP contribution in [0.1, 0.15) is 35.1 Å². The van der Waals surface area contributed by atoms with Crippen LogP contribution in [0.5, 0.6) is 0 Å². The highest BCUT2D eigenvalue weighted by molar-refractivity contribution is 6.24. The first-order valence-electron chi connectivity index (χ1n) is 13.3.